The second-order valence-corrected chi connectivity index (χ2v) is 9.67. The van der Waals surface area contributed by atoms with Crippen LogP contribution in [0.1, 0.15) is 67.9 Å². The van der Waals surface area contributed by atoms with Gasteiger partial charge in [-0.2, -0.15) is 0 Å². The predicted octanol–water partition coefficient (Wildman–Crippen LogP) is 5.53. The third-order valence-corrected chi connectivity index (χ3v) is 7.35. The van der Waals surface area contributed by atoms with Crippen molar-refractivity contribution in [3.63, 3.8) is 0 Å². The molecule has 35 heavy (non-hydrogen) atoms. The molecular weight excluding hydrogens is 461 g/mol. The van der Waals surface area contributed by atoms with Crippen LogP contribution in [0, 0.1) is 5.82 Å². The van der Waals surface area contributed by atoms with Crippen molar-refractivity contribution in [1.82, 2.24) is 19.8 Å². The highest BCUT2D eigenvalue weighted by Crippen LogP contribution is 2.39. The summed E-state index contributed by atoms with van der Waals surface area (Å²) >= 11 is 5.72. The van der Waals surface area contributed by atoms with Gasteiger partial charge in [0.05, 0.1) is 23.5 Å². The highest BCUT2D eigenvalue weighted by atomic mass is 32.1. The van der Waals surface area contributed by atoms with Crippen molar-refractivity contribution >= 4 is 28.9 Å². The molecule has 1 saturated carbocycles. The van der Waals surface area contributed by atoms with Crippen LogP contribution in [0.25, 0.3) is 0 Å². The van der Waals surface area contributed by atoms with Crippen molar-refractivity contribution < 1.29 is 9.18 Å². The van der Waals surface area contributed by atoms with Crippen LogP contribution in [0.2, 0.25) is 0 Å². The normalized spacial score (nSPS) is 20.6. The Morgan fingerprint density at radius 3 is 2.69 bits per heavy atom. The van der Waals surface area contributed by atoms with Gasteiger partial charge in [-0.05, 0) is 61.0 Å². The summed E-state index contributed by atoms with van der Waals surface area (Å²) in [6.07, 6.45) is 12.7. The average molecular weight is 492 g/mol. The Labute approximate surface area is 210 Å². The molecule has 8 heteroatoms. The third kappa shape index (κ3) is 5.22. The summed E-state index contributed by atoms with van der Waals surface area (Å²) in [7, 11) is 0. The first kappa shape index (κ1) is 23.5. The lowest BCUT2D eigenvalue weighted by Gasteiger charge is -2.27. The fraction of sp³-hybridized carbons (Fsp3) is 0.370. The number of amides is 1. The number of benzene rings is 1. The molecule has 0 unspecified atom stereocenters. The molecule has 3 aromatic rings. The molecule has 0 bridgehead atoms. The predicted molar refractivity (Wildman–Crippen MR) is 138 cm³/mol. The van der Waals surface area contributed by atoms with Crippen molar-refractivity contribution in [3.05, 3.63) is 84.2 Å². The Kier molecular flexibility index (Phi) is 7.08. The minimum atomic E-state index is -0.448. The first-order valence-electron chi connectivity index (χ1n) is 12.3. The molecule has 6 nitrogen and oxygen atoms in total. The average Bonchev–Trinajstić information content (AvgIpc) is 3.50. The molecule has 2 aliphatic rings. The topological polar surface area (TPSA) is 62.2 Å². The highest BCUT2D eigenvalue weighted by molar-refractivity contribution is 7.80. The van der Waals surface area contributed by atoms with Gasteiger partial charge in [-0.3, -0.25) is 9.78 Å². The molecule has 2 atom stereocenters. The number of aromatic nitrogens is 2. The fourth-order valence-electron chi connectivity index (χ4n) is 5.22. The molecule has 1 amide bonds. The Morgan fingerprint density at radius 2 is 1.91 bits per heavy atom. The van der Waals surface area contributed by atoms with Crippen LogP contribution in [0.3, 0.4) is 0 Å². The molecule has 1 aromatic carbocycles. The number of thiocarbonyl (C=S) groups is 1. The standard InChI is InChI=1S/C27H30FN5OS/c28-21-10-4-5-11-22(21)30-24(34)14-17-33-26(25(31-27(33)35)23-12-6-7-15-29-23)19-13-16-32(18-19)20-8-2-1-3-9-20/h4-7,10-13,15-16,18,20,25-26H,1-3,8-9,14,17H2,(H,30,34)(H,31,35)/t25-,26+/m0/s1. The van der Waals surface area contributed by atoms with Crippen LogP contribution in [-0.2, 0) is 4.79 Å². The minimum absolute atomic E-state index is 0.0940. The zero-order chi connectivity index (χ0) is 24.2. The molecule has 1 aliphatic carbocycles. The van der Waals surface area contributed by atoms with E-state index in [1.54, 1.807) is 24.4 Å². The summed E-state index contributed by atoms with van der Waals surface area (Å²) in [5.41, 5.74) is 2.24. The van der Waals surface area contributed by atoms with Gasteiger partial charge in [0.1, 0.15) is 5.82 Å². The van der Waals surface area contributed by atoms with Gasteiger partial charge in [-0.25, -0.2) is 4.39 Å². The minimum Gasteiger partial charge on any atom is -0.352 e. The van der Waals surface area contributed by atoms with Crippen LogP contribution in [0.15, 0.2) is 67.1 Å². The van der Waals surface area contributed by atoms with Gasteiger partial charge < -0.3 is 20.1 Å². The van der Waals surface area contributed by atoms with Crippen molar-refractivity contribution in [2.24, 2.45) is 0 Å². The number of carbonyl (C=O) groups is 1. The number of hydrogen-bond acceptors (Lipinski definition) is 3. The van der Waals surface area contributed by atoms with Crippen LogP contribution >= 0.6 is 12.2 Å². The number of rotatable bonds is 7. The van der Waals surface area contributed by atoms with Crippen LogP contribution in [0.5, 0.6) is 0 Å². The number of nitrogens with one attached hydrogen (secondary N) is 2. The van der Waals surface area contributed by atoms with Gasteiger partial charge in [0, 0.05) is 37.6 Å². The molecular formula is C27H30FN5OS. The van der Waals surface area contributed by atoms with E-state index < -0.39 is 5.82 Å². The van der Waals surface area contributed by atoms with E-state index in [2.05, 4.69) is 43.5 Å². The maximum absolute atomic E-state index is 14.0. The fourth-order valence-corrected chi connectivity index (χ4v) is 5.55. The monoisotopic (exact) mass is 491 g/mol. The first-order valence-corrected chi connectivity index (χ1v) is 12.7. The Morgan fingerprint density at radius 1 is 1.11 bits per heavy atom. The molecule has 2 fully saturated rings. The van der Waals surface area contributed by atoms with E-state index in [9.17, 15) is 9.18 Å². The number of para-hydroxylation sites is 1. The number of nitrogens with zero attached hydrogens (tertiary/aromatic N) is 3. The highest BCUT2D eigenvalue weighted by Gasteiger charge is 2.40. The van der Waals surface area contributed by atoms with E-state index >= 15 is 0 Å². The molecule has 5 rings (SSSR count). The Hall–Kier alpha value is -3.26. The van der Waals surface area contributed by atoms with Gasteiger partial charge in [0.15, 0.2) is 5.11 Å². The first-order chi connectivity index (χ1) is 17.1. The lowest BCUT2D eigenvalue weighted by atomic mass is 9.95. The van der Waals surface area contributed by atoms with Gasteiger partial charge in [0.25, 0.3) is 0 Å². The van der Waals surface area contributed by atoms with Crippen molar-refractivity contribution in [3.8, 4) is 0 Å². The summed E-state index contributed by atoms with van der Waals surface area (Å²) in [4.78, 5) is 19.3. The van der Waals surface area contributed by atoms with E-state index in [1.807, 2.05) is 18.2 Å². The molecule has 182 valence electrons. The summed E-state index contributed by atoms with van der Waals surface area (Å²) < 4.78 is 16.3. The number of halogens is 1. The van der Waals surface area contributed by atoms with E-state index in [4.69, 9.17) is 12.2 Å². The zero-order valence-corrected chi connectivity index (χ0v) is 20.4. The Balaban J connectivity index is 1.36. The van der Waals surface area contributed by atoms with E-state index in [1.165, 1.54) is 38.2 Å². The van der Waals surface area contributed by atoms with Crippen LogP contribution < -0.4 is 10.6 Å². The second kappa shape index (κ2) is 10.6. The van der Waals surface area contributed by atoms with E-state index in [-0.39, 0.29) is 30.1 Å². The van der Waals surface area contributed by atoms with Gasteiger partial charge >= 0.3 is 0 Å². The number of carbonyl (C=O) groups excluding carboxylic acids is 1. The number of hydrogen-bond donors (Lipinski definition) is 2. The molecule has 1 saturated heterocycles. The lowest BCUT2D eigenvalue weighted by molar-refractivity contribution is -0.116. The van der Waals surface area contributed by atoms with Gasteiger partial charge in [-0.15, -0.1) is 0 Å². The zero-order valence-electron chi connectivity index (χ0n) is 19.6. The molecule has 2 N–H and O–H groups in total. The smallest absolute Gasteiger partial charge is 0.226 e. The largest absolute Gasteiger partial charge is 0.352 e. The maximum Gasteiger partial charge on any atom is 0.226 e. The number of anilines is 1. The van der Waals surface area contributed by atoms with E-state index in [0.29, 0.717) is 17.7 Å². The third-order valence-electron chi connectivity index (χ3n) is 7.00. The van der Waals surface area contributed by atoms with E-state index in [0.717, 1.165) is 11.3 Å². The van der Waals surface area contributed by atoms with Crippen LogP contribution in [0.4, 0.5) is 10.1 Å². The molecule has 3 heterocycles. The molecule has 0 radical (unpaired) electrons. The number of pyridine rings is 1. The summed E-state index contributed by atoms with van der Waals surface area (Å²) in [6.45, 7) is 0.411. The van der Waals surface area contributed by atoms with Gasteiger partial charge in [-0.1, -0.05) is 37.5 Å². The molecule has 0 spiro atoms. The maximum atomic E-state index is 14.0. The lowest BCUT2D eigenvalue weighted by Crippen LogP contribution is -2.32. The summed E-state index contributed by atoms with van der Waals surface area (Å²) in [5, 5.41) is 6.70. The second-order valence-electron chi connectivity index (χ2n) is 9.28. The van der Waals surface area contributed by atoms with Gasteiger partial charge in [0.2, 0.25) is 5.91 Å². The summed E-state index contributed by atoms with van der Waals surface area (Å²) in [5.74, 6) is -0.700. The SMILES string of the molecule is O=C(CCN1C(=S)N[C@@H](c2ccccn2)[C@H]1c1ccn(C2CCCCC2)c1)Nc1ccccc1F. The Bertz CT molecular complexity index is 1180. The quantitative estimate of drug-likeness (QED) is 0.426. The van der Waals surface area contributed by atoms with Crippen molar-refractivity contribution in [2.45, 2.75) is 56.7 Å². The molecule has 2 aromatic heterocycles. The summed E-state index contributed by atoms with van der Waals surface area (Å²) in [6, 6.07) is 14.5. The van der Waals surface area contributed by atoms with Crippen molar-refractivity contribution in [2.75, 3.05) is 11.9 Å². The molecule has 1 aliphatic heterocycles. The van der Waals surface area contributed by atoms with Crippen LogP contribution in [-0.4, -0.2) is 32.0 Å². The van der Waals surface area contributed by atoms with Crippen molar-refractivity contribution in [1.29, 1.82) is 0 Å².